The van der Waals surface area contributed by atoms with E-state index in [4.69, 9.17) is 5.26 Å². The highest BCUT2D eigenvalue weighted by Gasteiger charge is 2.16. The second kappa shape index (κ2) is 4.05. The summed E-state index contributed by atoms with van der Waals surface area (Å²) in [7, 11) is 0. The summed E-state index contributed by atoms with van der Waals surface area (Å²) in [5.41, 5.74) is 0.413. The van der Waals surface area contributed by atoms with E-state index >= 15 is 0 Å². The predicted molar refractivity (Wildman–Crippen MR) is 52.6 cm³/mol. The zero-order valence-electron chi connectivity index (χ0n) is 7.90. The lowest BCUT2D eigenvalue weighted by atomic mass is 9.85. The highest BCUT2D eigenvalue weighted by molar-refractivity contribution is 5.29. The van der Waals surface area contributed by atoms with Gasteiger partial charge >= 0.3 is 0 Å². The van der Waals surface area contributed by atoms with E-state index in [9.17, 15) is 0 Å². The molecule has 0 aromatic carbocycles. The van der Waals surface area contributed by atoms with Gasteiger partial charge in [0.15, 0.2) is 0 Å². The third kappa shape index (κ3) is 1.99. The summed E-state index contributed by atoms with van der Waals surface area (Å²) in [5.74, 6) is 1.33. The lowest BCUT2D eigenvalue weighted by Gasteiger charge is -2.25. The summed E-state index contributed by atoms with van der Waals surface area (Å²) in [6.07, 6.45) is 5.54. The summed E-state index contributed by atoms with van der Waals surface area (Å²) in [4.78, 5) is 8.08. The fourth-order valence-corrected chi connectivity index (χ4v) is 1.44. The number of hydrogen-bond donors (Lipinski definition) is 1. The van der Waals surface area contributed by atoms with Crippen molar-refractivity contribution >= 4 is 5.95 Å². The van der Waals surface area contributed by atoms with E-state index in [0.29, 0.717) is 11.6 Å². The van der Waals surface area contributed by atoms with Gasteiger partial charge in [-0.3, -0.25) is 0 Å². The van der Waals surface area contributed by atoms with Crippen molar-refractivity contribution in [1.29, 1.82) is 5.26 Å². The zero-order chi connectivity index (χ0) is 9.80. The van der Waals surface area contributed by atoms with Gasteiger partial charge in [0.2, 0.25) is 5.95 Å². The molecule has 1 aromatic heterocycles. The first-order chi connectivity index (χ1) is 6.88. The van der Waals surface area contributed by atoms with Crippen molar-refractivity contribution in [2.24, 2.45) is 5.92 Å². The van der Waals surface area contributed by atoms with Gasteiger partial charge in [-0.25, -0.2) is 9.97 Å². The van der Waals surface area contributed by atoms with E-state index in [1.54, 1.807) is 12.3 Å². The number of nitrogens with zero attached hydrogens (tertiary/aromatic N) is 3. The normalized spacial score (nSPS) is 15.6. The van der Waals surface area contributed by atoms with Crippen LogP contribution in [0.1, 0.15) is 25.0 Å². The third-order valence-electron chi connectivity index (χ3n) is 2.54. The summed E-state index contributed by atoms with van der Waals surface area (Å²) in [6, 6.07) is 3.60. The minimum atomic E-state index is 0.413. The van der Waals surface area contributed by atoms with Crippen LogP contribution in [0.5, 0.6) is 0 Å². The Bertz CT molecular complexity index is 351. The number of nitrogens with one attached hydrogen (secondary N) is 1. The van der Waals surface area contributed by atoms with Crippen molar-refractivity contribution < 1.29 is 0 Å². The van der Waals surface area contributed by atoms with Crippen LogP contribution in [0.4, 0.5) is 5.95 Å². The molecule has 1 aromatic rings. The summed E-state index contributed by atoms with van der Waals surface area (Å²) >= 11 is 0. The largest absolute Gasteiger partial charge is 0.354 e. The van der Waals surface area contributed by atoms with Crippen LogP contribution in [0, 0.1) is 17.2 Å². The minimum absolute atomic E-state index is 0.413. The van der Waals surface area contributed by atoms with Gasteiger partial charge in [0.05, 0.1) is 0 Å². The minimum Gasteiger partial charge on any atom is -0.354 e. The van der Waals surface area contributed by atoms with E-state index in [2.05, 4.69) is 15.3 Å². The van der Waals surface area contributed by atoms with Crippen LogP contribution in [0.3, 0.4) is 0 Å². The van der Waals surface area contributed by atoms with Gasteiger partial charge in [0.1, 0.15) is 11.8 Å². The Balaban J connectivity index is 1.91. The van der Waals surface area contributed by atoms with Crippen molar-refractivity contribution in [2.75, 3.05) is 11.9 Å². The fourth-order valence-electron chi connectivity index (χ4n) is 1.44. The van der Waals surface area contributed by atoms with Gasteiger partial charge in [0.25, 0.3) is 0 Å². The van der Waals surface area contributed by atoms with Gasteiger partial charge in [0, 0.05) is 12.7 Å². The summed E-state index contributed by atoms with van der Waals surface area (Å²) in [6.45, 7) is 0.925. The number of anilines is 1. The molecule has 0 unspecified atom stereocenters. The molecule has 4 heteroatoms. The van der Waals surface area contributed by atoms with E-state index in [1.165, 1.54) is 19.3 Å². The van der Waals surface area contributed by atoms with Crippen LogP contribution in [0.15, 0.2) is 12.3 Å². The van der Waals surface area contributed by atoms with Crippen molar-refractivity contribution in [3.63, 3.8) is 0 Å². The number of hydrogen-bond acceptors (Lipinski definition) is 4. The second-order valence-electron chi connectivity index (χ2n) is 3.56. The molecule has 1 aliphatic rings. The monoisotopic (exact) mass is 188 g/mol. The zero-order valence-corrected chi connectivity index (χ0v) is 7.90. The molecule has 4 nitrogen and oxygen atoms in total. The van der Waals surface area contributed by atoms with Crippen LogP contribution in [0.2, 0.25) is 0 Å². The average Bonchev–Trinajstić information content (AvgIpc) is 2.16. The molecule has 1 N–H and O–H groups in total. The summed E-state index contributed by atoms with van der Waals surface area (Å²) in [5, 5.41) is 11.8. The molecule has 0 aliphatic heterocycles. The molecule has 0 spiro atoms. The molecule has 14 heavy (non-hydrogen) atoms. The maximum Gasteiger partial charge on any atom is 0.223 e. The Morgan fingerprint density at radius 3 is 3.07 bits per heavy atom. The van der Waals surface area contributed by atoms with Crippen molar-refractivity contribution in [2.45, 2.75) is 19.3 Å². The lowest BCUT2D eigenvalue weighted by molar-refractivity contribution is 0.333. The molecule has 1 aliphatic carbocycles. The Kier molecular flexibility index (Phi) is 2.59. The first kappa shape index (κ1) is 8.95. The molecule has 0 bridgehead atoms. The van der Waals surface area contributed by atoms with Crippen LogP contribution < -0.4 is 5.32 Å². The fraction of sp³-hybridized carbons (Fsp3) is 0.500. The Hall–Kier alpha value is -1.63. The third-order valence-corrected chi connectivity index (χ3v) is 2.54. The number of nitriles is 1. The highest BCUT2D eigenvalue weighted by atomic mass is 15.1. The van der Waals surface area contributed by atoms with Crippen LogP contribution in [0.25, 0.3) is 0 Å². The van der Waals surface area contributed by atoms with Gasteiger partial charge in [-0.05, 0) is 24.8 Å². The average molecular weight is 188 g/mol. The predicted octanol–water partition coefficient (Wildman–Crippen LogP) is 1.56. The second-order valence-corrected chi connectivity index (χ2v) is 3.56. The van der Waals surface area contributed by atoms with Gasteiger partial charge in [-0.15, -0.1) is 0 Å². The standard InChI is InChI=1S/C10H12N4/c11-6-9-4-5-12-10(14-9)13-7-8-2-1-3-8/h4-5,8H,1-3,7H2,(H,12,13,14). The number of aromatic nitrogens is 2. The van der Waals surface area contributed by atoms with Gasteiger partial charge in [-0.2, -0.15) is 5.26 Å². The Morgan fingerprint density at radius 1 is 1.57 bits per heavy atom. The number of rotatable bonds is 3. The Morgan fingerprint density at radius 2 is 2.43 bits per heavy atom. The van der Waals surface area contributed by atoms with Crippen molar-refractivity contribution in [3.8, 4) is 6.07 Å². The van der Waals surface area contributed by atoms with Crippen molar-refractivity contribution in [3.05, 3.63) is 18.0 Å². The molecule has 0 amide bonds. The lowest BCUT2D eigenvalue weighted by Crippen LogP contribution is -2.21. The molecule has 1 heterocycles. The van der Waals surface area contributed by atoms with Gasteiger partial charge < -0.3 is 5.32 Å². The van der Waals surface area contributed by atoms with Crippen LogP contribution in [-0.2, 0) is 0 Å². The van der Waals surface area contributed by atoms with E-state index in [-0.39, 0.29) is 0 Å². The van der Waals surface area contributed by atoms with Crippen molar-refractivity contribution in [1.82, 2.24) is 9.97 Å². The highest BCUT2D eigenvalue weighted by Crippen LogP contribution is 2.25. The first-order valence-electron chi connectivity index (χ1n) is 4.85. The molecule has 1 fully saturated rings. The topological polar surface area (TPSA) is 61.6 Å². The maximum absolute atomic E-state index is 8.63. The van der Waals surface area contributed by atoms with E-state index < -0.39 is 0 Å². The smallest absolute Gasteiger partial charge is 0.223 e. The molecule has 2 rings (SSSR count). The first-order valence-corrected chi connectivity index (χ1v) is 4.85. The summed E-state index contributed by atoms with van der Waals surface area (Å²) < 4.78 is 0. The van der Waals surface area contributed by atoms with E-state index in [1.807, 2.05) is 6.07 Å². The molecule has 0 radical (unpaired) electrons. The molecule has 1 saturated carbocycles. The van der Waals surface area contributed by atoms with Crippen LogP contribution >= 0.6 is 0 Å². The quantitative estimate of drug-likeness (QED) is 0.781. The molecular formula is C10H12N4. The Labute approximate surface area is 83.0 Å². The molecule has 0 saturated heterocycles. The maximum atomic E-state index is 8.63. The molecular weight excluding hydrogens is 176 g/mol. The van der Waals surface area contributed by atoms with Crippen LogP contribution in [-0.4, -0.2) is 16.5 Å². The molecule has 72 valence electrons. The van der Waals surface area contributed by atoms with Gasteiger partial charge in [-0.1, -0.05) is 6.42 Å². The molecule has 0 atom stereocenters. The van der Waals surface area contributed by atoms with E-state index in [0.717, 1.165) is 12.5 Å². The SMILES string of the molecule is N#Cc1ccnc(NCC2CCC2)n1.